The number of hydrogen-bond donors (Lipinski definition) is 2. The SMILES string of the molecule is O=C(O)c1cc(O)cc2c1CCO2. The average molecular weight is 180 g/mol. The summed E-state index contributed by atoms with van der Waals surface area (Å²) >= 11 is 0. The van der Waals surface area contributed by atoms with Gasteiger partial charge in [-0.3, -0.25) is 0 Å². The molecule has 1 aliphatic heterocycles. The van der Waals surface area contributed by atoms with Crippen LogP contribution in [0.25, 0.3) is 0 Å². The summed E-state index contributed by atoms with van der Waals surface area (Å²) in [5, 5.41) is 18.0. The van der Waals surface area contributed by atoms with Crippen LogP contribution in [0.2, 0.25) is 0 Å². The van der Waals surface area contributed by atoms with Gasteiger partial charge >= 0.3 is 5.97 Å². The first-order valence-electron chi connectivity index (χ1n) is 3.90. The smallest absolute Gasteiger partial charge is 0.336 e. The Kier molecular flexibility index (Phi) is 1.62. The number of phenolic OH excluding ortho intramolecular Hbond substituents is 1. The van der Waals surface area contributed by atoms with Crippen LogP contribution >= 0.6 is 0 Å². The molecule has 4 heteroatoms. The van der Waals surface area contributed by atoms with Crippen molar-refractivity contribution in [2.24, 2.45) is 0 Å². The molecule has 1 heterocycles. The van der Waals surface area contributed by atoms with E-state index in [4.69, 9.17) is 9.84 Å². The third kappa shape index (κ3) is 1.20. The Hall–Kier alpha value is -1.71. The van der Waals surface area contributed by atoms with Crippen LogP contribution in [0, 0.1) is 0 Å². The second-order valence-corrected chi connectivity index (χ2v) is 2.87. The number of fused-ring (bicyclic) bond motifs is 1. The highest BCUT2D eigenvalue weighted by atomic mass is 16.5. The third-order valence-electron chi connectivity index (χ3n) is 2.03. The maximum Gasteiger partial charge on any atom is 0.336 e. The van der Waals surface area contributed by atoms with Crippen molar-refractivity contribution in [3.8, 4) is 11.5 Å². The molecule has 0 saturated heterocycles. The normalized spacial score (nSPS) is 13.5. The number of rotatable bonds is 1. The average Bonchev–Trinajstić information content (AvgIpc) is 2.49. The van der Waals surface area contributed by atoms with E-state index in [0.717, 1.165) is 0 Å². The molecule has 4 nitrogen and oxygen atoms in total. The number of aromatic carboxylic acids is 1. The zero-order valence-electron chi connectivity index (χ0n) is 6.78. The second-order valence-electron chi connectivity index (χ2n) is 2.87. The van der Waals surface area contributed by atoms with Crippen LogP contribution in [0.1, 0.15) is 15.9 Å². The molecular weight excluding hydrogens is 172 g/mol. The van der Waals surface area contributed by atoms with Crippen molar-refractivity contribution in [1.82, 2.24) is 0 Å². The maximum atomic E-state index is 10.7. The van der Waals surface area contributed by atoms with Crippen LogP contribution in [-0.2, 0) is 6.42 Å². The maximum absolute atomic E-state index is 10.7. The molecule has 0 aromatic heterocycles. The highest BCUT2D eigenvalue weighted by Crippen LogP contribution is 2.32. The van der Waals surface area contributed by atoms with Gasteiger partial charge in [-0.25, -0.2) is 4.79 Å². The Bertz CT molecular complexity index is 370. The quantitative estimate of drug-likeness (QED) is 0.677. The van der Waals surface area contributed by atoms with Crippen molar-refractivity contribution in [2.45, 2.75) is 6.42 Å². The van der Waals surface area contributed by atoms with Crippen LogP contribution in [0.4, 0.5) is 0 Å². The number of phenols is 1. The van der Waals surface area contributed by atoms with Crippen molar-refractivity contribution in [3.63, 3.8) is 0 Å². The molecule has 0 spiro atoms. The summed E-state index contributed by atoms with van der Waals surface area (Å²) in [6.45, 7) is 0.485. The lowest BCUT2D eigenvalue weighted by Crippen LogP contribution is -2.00. The van der Waals surface area contributed by atoms with Crippen molar-refractivity contribution < 1.29 is 19.7 Å². The van der Waals surface area contributed by atoms with E-state index in [9.17, 15) is 9.90 Å². The molecule has 1 aromatic carbocycles. The lowest BCUT2D eigenvalue weighted by molar-refractivity contribution is 0.0695. The fraction of sp³-hybridized carbons (Fsp3) is 0.222. The Morgan fingerprint density at radius 3 is 2.92 bits per heavy atom. The summed E-state index contributed by atoms with van der Waals surface area (Å²) in [6.07, 6.45) is 0.594. The highest BCUT2D eigenvalue weighted by Gasteiger charge is 2.21. The molecule has 2 N–H and O–H groups in total. The van der Waals surface area contributed by atoms with Crippen molar-refractivity contribution in [1.29, 1.82) is 0 Å². The molecule has 1 aliphatic rings. The number of aromatic hydroxyl groups is 1. The van der Waals surface area contributed by atoms with Gasteiger partial charge in [0.2, 0.25) is 0 Å². The Labute approximate surface area is 74.4 Å². The summed E-state index contributed by atoms with van der Waals surface area (Å²) in [4.78, 5) is 10.7. The number of ether oxygens (including phenoxy) is 1. The zero-order valence-corrected chi connectivity index (χ0v) is 6.78. The molecule has 0 amide bonds. The van der Waals surface area contributed by atoms with E-state index in [1.165, 1.54) is 12.1 Å². The van der Waals surface area contributed by atoms with Crippen LogP contribution in [-0.4, -0.2) is 22.8 Å². The molecule has 0 fully saturated rings. The van der Waals surface area contributed by atoms with E-state index in [1.807, 2.05) is 0 Å². The van der Waals surface area contributed by atoms with Crippen molar-refractivity contribution >= 4 is 5.97 Å². The molecule has 1 aromatic rings. The number of carboxylic acids is 1. The molecule has 13 heavy (non-hydrogen) atoms. The first-order valence-corrected chi connectivity index (χ1v) is 3.90. The summed E-state index contributed by atoms with van der Waals surface area (Å²) in [5.74, 6) is -0.617. The first kappa shape index (κ1) is 7.91. The van der Waals surface area contributed by atoms with Crippen LogP contribution in [0.15, 0.2) is 12.1 Å². The molecule has 0 saturated carbocycles. The second kappa shape index (κ2) is 2.65. The third-order valence-corrected chi connectivity index (χ3v) is 2.03. The van der Waals surface area contributed by atoms with E-state index in [-0.39, 0.29) is 11.3 Å². The molecule has 0 radical (unpaired) electrons. The molecule has 0 unspecified atom stereocenters. The van der Waals surface area contributed by atoms with Gasteiger partial charge in [0, 0.05) is 18.1 Å². The van der Waals surface area contributed by atoms with Gasteiger partial charge in [-0.2, -0.15) is 0 Å². The monoisotopic (exact) mass is 180 g/mol. The van der Waals surface area contributed by atoms with Gasteiger partial charge < -0.3 is 14.9 Å². The van der Waals surface area contributed by atoms with Gasteiger partial charge in [-0.15, -0.1) is 0 Å². The molecule has 2 rings (SSSR count). The van der Waals surface area contributed by atoms with Crippen LogP contribution in [0.5, 0.6) is 11.5 Å². The predicted octanol–water partition coefficient (Wildman–Crippen LogP) is 1.03. The van der Waals surface area contributed by atoms with Gasteiger partial charge in [0.1, 0.15) is 11.5 Å². The largest absolute Gasteiger partial charge is 0.508 e. The Balaban J connectivity index is 2.62. The highest BCUT2D eigenvalue weighted by molar-refractivity contribution is 5.91. The van der Waals surface area contributed by atoms with Gasteiger partial charge in [-0.05, 0) is 6.07 Å². The van der Waals surface area contributed by atoms with Crippen LogP contribution < -0.4 is 4.74 Å². The van der Waals surface area contributed by atoms with Crippen LogP contribution in [0.3, 0.4) is 0 Å². The minimum atomic E-state index is -1.03. The fourth-order valence-electron chi connectivity index (χ4n) is 1.47. The number of carboxylic acid groups (broad SMARTS) is 1. The summed E-state index contributed by atoms with van der Waals surface area (Å²) < 4.78 is 5.15. The van der Waals surface area contributed by atoms with E-state index in [1.54, 1.807) is 0 Å². The Morgan fingerprint density at radius 2 is 2.23 bits per heavy atom. The lowest BCUT2D eigenvalue weighted by atomic mass is 10.1. The van der Waals surface area contributed by atoms with Gasteiger partial charge in [0.15, 0.2) is 0 Å². The molecular formula is C9H8O4. The molecule has 0 aliphatic carbocycles. The number of carbonyl (C=O) groups is 1. The van der Waals surface area contributed by atoms with E-state index < -0.39 is 5.97 Å². The van der Waals surface area contributed by atoms with Crippen molar-refractivity contribution in [2.75, 3.05) is 6.61 Å². The predicted molar refractivity (Wildman–Crippen MR) is 44.3 cm³/mol. The van der Waals surface area contributed by atoms with Gasteiger partial charge in [0.25, 0.3) is 0 Å². The lowest BCUT2D eigenvalue weighted by Gasteiger charge is -2.03. The molecule has 0 atom stereocenters. The topological polar surface area (TPSA) is 66.8 Å². The zero-order chi connectivity index (χ0) is 9.42. The van der Waals surface area contributed by atoms with Crippen molar-refractivity contribution in [3.05, 3.63) is 23.3 Å². The standard InChI is InChI=1S/C9H8O4/c10-5-3-7(9(11)12)6-1-2-13-8(6)4-5/h3-4,10H,1-2H2,(H,11,12). The minimum absolute atomic E-state index is 0.0712. The summed E-state index contributed by atoms with van der Waals surface area (Å²) in [7, 11) is 0. The van der Waals surface area contributed by atoms with E-state index in [2.05, 4.69) is 0 Å². The van der Waals surface area contributed by atoms with Gasteiger partial charge in [0.05, 0.1) is 12.2 Å². The number of benzene rings is 1. The molecule has 0 bridgehead atoms. The summed E-state index contributed by atoms with van der Waals surface area (Å²) in [6, 6.07) is 2.69. The molecule has 68 valence electrons. The fourth-order valence-corrected chi connectivity index (χ4v) is 1.47. The minimum Gasteiger partial charge on any atom is -0.508 e. The first-order chi connectivity index (χ1) is 6.18. The van der Waals surface area contributed by atoms with E-state index >= 15 is 0 Å². The summed E-state index contributed by atoms with van der Waals surface area (Å²) in [5.41, 5.74) is 0.804. The van der Waals surface area contributed by atoms with Gasteiger partial charge in [-0.1, -0.05) is 0 Å². The number of hydrogen-bond acceptors (Lipinski definition) is 3. The van der Waals surface area contributed by atoms with E-state index in [0.29, 0.717) is 24.3 Å². The Morgan fingerprint density at radius 1 is 1.46 bits per heavy atom.